The van der Waals surface area contributed by atoms with E-state index >= 15 is 0 Å². The predicted octanol–water partition coefficient (Wildman–Crippen LogP) is 2.80. The number of carboxylic acids is 1. The summed E-state index contributed by atoms with van der Waals surface area (Å²) in [5.41, 5.74) is 1.73. The minimum absolute atomic E-state index is 0.111. The number of aryl methyl sites for hydroxylation is 1. The van der Waals surface area contributed by atoms with Gasteiger partial charge >= 0.3 is 5.97 Å². The molecule has 0 spiro atoms. The Bertz CT molecular complexity index is 567. The van der Waals surface area contributed by atoms with Gasteiger partial charge in [0.25, 0.3) is 0 Å². The van der Waals surface area contributed by atoms with E-state index in [4.69, 9.17) is 16.7 Å². The molecule has 0 bridgehead atoms. The highest BCUT2D eigenvalue weighted by molar-refractivity contribution is 6.29. The Morgan fingerprint density at radius 2 is 1.88 bits per heavy atom. The van der Waals surface area contributed by atoms with Gasteiger partial charge < -0.3 is 5.11 Å². The fourth-order valence-electron chi connectivity index (χ4n) is 1.36. The van der Waals surface area contributed by atoms with E-state index in [0.717, 1.165) is 11.1 Å². The first kappa shape index (κ1) is 11.5. The van der Waals surface area contributed by atoms with Crippen LogP contribution in [0.3, 0.4) is 0 Å². The van der Waals surface area contributed by atoms with Crippen LogP contribution in [0.1, 0.15) is 16.1 Å². The maximum Gasteiger partial charge on any atom is 0.354 e. The Morgan fingerprint density at radius 1 is 1.24 bits per heavy atom. The van der Waals surface area contributed by atoms with Crippen molar-refractivity contribution in [1.82, 2.24) is 9.97 Å². The van der Waals surface area contributed by atoms with Crippen LogP contribution in [0.5, 0.6) is 0 Å². The molecule has 0 radical (unpaired) electrons. The number of rotatable bonds is 2. The SMILES string of the molecule is Cc1ccc(-c2nc(Cl)cc(C(=O)O)n2)cc1. The molecule has 0 fully saturated rings. The van der Waals surface area contributed by atoms with Gasteiger partial charge in [-0.2, -0.15) is 0 Å². The van der Waals surface area contributed by atoms with Gasteiger partial charge in [0.05, 0.1) is 0 Å². The Labute approximate surface area is 103 Å². The van der Waals surface area contributed by atoms with Crippen molar-refractivity contribution in [1.29, 1.82) is 0 Å². The van der Waals surface area contributed by atoms with Crippen molar-refractivity contribution >= 4 is 17.6 Å². The van der Waals surface area contributed by atoms with E-state index in [1.807, 2.05) is 31.2 Å². The van der Waals surface area contributed by atoms with E-state index in [9.17, 15) is 4.79 Å². The summed E-state index contributed by atoms with van der Waals surface area (Å²) >= 11 is 5.76. The molecule has 2 rings (SSSR count). The van der Waals surface area contributed by atoms with Gasteiger partial charge in [0.15, 0.2) is 11.5 Å². The van der Waals surface area contributed by atoms with E-state index in [-0.39, 0.29) is 10.8 Å². The highest BCUT2D eigenvalue weighted by atomic mass is 35.5. The molecule has 0 aliphatic rings. The third-order valence-corrected chi connectivity index (χ3v) is 2.42. The molecule has 17 heavy (non-hydrogen) atoms. The second kappa shape index (κ2) is 4.51. The number of carbonyl (C=O) groups is 1. The lowest BCUT2D eigenvalue weighted by atomic mass is 10.1. The Hall–Kier alpha value is -1.94. The molecular weight excluding hydrogens is 240 g/mol. The molecule has 1 aromatic carbocycles. The molecule has 0 saturated heterocycles. The second-order valence-corrected chi connectivity index (χ2v) is 3.96. The van der Waals surface area contributed by atoms with Gasteiger partial charge in [0, 0.05) is 11.6 Å². The first-order valence-electron chi connectivity index (χ1n) is 4.91. The molecular formula is C12H9ClN2O2. The molecule has 1 aromatic heterocycles. The Balaban J connectivity index is 2.51. The summed E-state index contributed by atoms with van der Waals surface area (Å²) in [6.07, 6.45) is 0. The Morgan fingerprint density at radius 3 is 2.47 bits per heavy atom. The Kier molecular flexibility index (Phi) is 3.06. The highest BCUT2D eigenvalue weighted by Gasteiger charge is 2.10. The van der Waals surface area contributed by atoms with E-state index in [1.165, 1.54) is 6.07 Å². The van der Waals surface area contributed by atoms with Crippen molar-refractivity contribution in [3.63, 3.8) is 0 Å². The van der Waals surface area contributed by atoms with E-state index in [2.05, 4.69) is 9.97 Å². The molecule has 0 atom stereocenters. The van der Waals surface area contributed by atoms with Crippen molar-refractivity contribution in [3.8, 4) is 11.4 Å². The maximum atomic E-state index is 10.8. The lowest BCUT2D eigenvalue weighted by Gasteiger charge is -2.02. The average Bonchev–Trinajstić information content (AvgIpc) is 2.29. The second-order valence-electron chi connectivity index (χ2n) is 3.57. The van der Waals surface area contributed by atoms with Crippen LogP contribution in [-0.2, 0) is 0 Å². The van der Waals surface area contributed by atoms with Gasteiger partial charge in [-0.15, -0.1) is 0 Å². The lowest BCUT2D eigenvalue weighted by Crippen LogP contribution is -2.03. The largest absolute Gasteiger partial charge is 0.477 e. The summed E-state index contributed by atoms with van der Waals surface area (Å²) in [5, 5.41) is 8.99. The maximum absolute atomic E-state index is 10.8. The van der Waals surface area contributed by atoms with Crippen LogP contribution in [0.15, 0.2) is 30.3 Å². The number of hydrogen-bond acceptors (Lipinski definition) is 3. The summed E-state index contributed by atoms with van der Waals surface area (Å²) in [4.78, 5) is 18.8. The molecule has 1 N–H and O–H groups in total. The summed E-state index contributed by atoms with van der Waals surface area (Å²) in [6.45, 7) is 1.96. The van der Waals surface area contributed by atoms with E-state index in [1.54, 1.807) is 0 Å². The topological polar surface area (TPSA) is 63.1 Å². The van der Waals surface area contributed by atoms with Crippen molar-refractivity contribution in [2.24, 2.45) is 0 Å². The number of aromatic nitrogens is 2. The monoisotopic (exact) mass is 248 g/mol. The number of halogens is 1. The van der Waals surface area contributed by atoms with Gasteiger partial charge in [-0.05, 0) is 6.92 Å². The van der Waals surface area contributed by atoms with E-state index < -0.39 is 5.97 Å². The molecule has 0 saturated carbocycles. The molecule has 86 valence electrons. The van der Waals surface area contributed by atoms with Gasteiger partial charge in [0.1, 0.15) is 5.15 Å². The number of carboxylic acid groups (broad SMARTS) is 1. The zero-order valence-corrected chi connectivity index (χ0v) is 9.77. The predicted molar refractivity (Wildman–Crippen MR) is 64.2 cm³/mol. The van der Waals surface area contributed by atoms with Crippen molar-refractivity contribution in [2.45, 2.75) is 6.92 Å². The van der Waals surface area contributed by atoms with Gasteiger partial charge in [0.2, 0.25) is 0 Å². The quantitative estimate of drug-likeness (QED) is 0.830. The fraction of sp³-hybridized carbons (Fsp3) is 0.0833. The van der Waals surface area contributed by atoms with Crippen LogP contribution in [0.4, 0.5) is 0 Å². The minimum Gasteiger partial charge on any atom is -0.477 e. The number of benzene rings is 1. The molecule has 2 aromatic rings. The minimum atomic E-state index is -1.12. The molecule has 1 heterocycles. The first-order chi connectivity index (χ1) is 8.06. The molecule has 0 amide bonds. The molecule has 5 heteroatoms. The zero-order chi connectivity index (χ0) is 12.4. The van der Waals surface area contributed by atoms with Crippen LogP contribution in [0, 0.1) is 6.92 Å². The van der Waals surface area contributed by atoms with Crippen molar-refractivity contribution in [2.75, 3.05) is 0 Å². The van der Waals surface area contributed by atoms with Gasteiger partial charge in [-0.3, -0.25) is 0 Å². The van der Waals surface area contributed by atoms with Crippen LogP contribution in [-0.4, -0.2) is 21.0 Å². The van der Waals surface area contributed by atoms with Crippen LogP contribution in [0.25, 0.3) is 11.4 Å². The molecule has 0 aliphatic carbocycles. The molecule has 0 aliphatic heterocycles. The van der Waals surface area contributed by atoms with Crippen molar-refractivity contribution in [3.05, 3.63) is 46.7 Å². The standard InChI is InChI=1S/C12H9ClN2O2/c1-7-2-4-8(5-3-7)11-14-9(12(16)17)6-10(13)15-11/h2-6H,1H3,(H,16,17). The van der Waals surface area contributed by atoms with E-state index in [0.29, 0.717) is 5.82 Å². The van der Waals surface area contributed by atoms with Crippen LogP contribution in [0.2, 0.25) is 5.15 Å². The molecule has 0 unspecified atom stereocenters. The van der Waals surface area contributed by atoms with Crippen LogP contribution >= 0.6 is 11.6 Å². The van der Waals surface area contributed by atoms with Gasteiger partial charge in [-0.1, -0.05) is 41.4 Å². The first-order valence-corrected chi connectivity index (χ1v) is 5.29. The third kappa shape index (κ3) is 2.60. The van der Waals surface area contributed by atoms with Crippen molar-refractivity contribution < 1.29 is 9.90 Å². The lowest BCUT2D eigenvalue weighted by molar-refractivity contribution is 0.0690. The number of nitrogens with zero attached hydrogens (tertiary/aromatic N) is 2. The van der Waals surface area contributed by atoms with Gasteiger partial charge in [-0.25, -0.2) is 14.8 Å². The number of hydrogen-bond donors (Lipinski definition) is 1. The fourth-order valence-corrected chi connectivity index (χ4v) is 1.54. The third-order valence-electron chi connectivity index (χ3n) is 2.22. The number of aromatic carboxylic acids is 1. The normalized spacial score (nSPS) is 10.2. The summed E-state index contributed by atoms with van der Waals surface area (Å²) < 4.78 is 0. The zero-order valence-electron chi connectivity index (χ0n) is 9.01. The molecule has 4 nitrogen and oxygen atoms in total. The summed E-state index contributed by atoms with van der Waals surface area (Å²) in [5.74, 6) is -0.808. The van der Waals surface area contributed by atoms with Crippen LogP contribution < -0.4 is 0 Å². The summed E-state index contributed by atoms with van der Waals surface area (Å²) in [6, 6.07) is 8.68. The highest BCUT2D eigenvalue weighted by Crippen LogP contribution is 2.18. The average molecular weight is 249 g/mol. The summed E-state index contributed by atoms with van der Waals surface area (Å²) in [7, 11) is 0. The smallest absolute Gasteiger partial charge is 0.354 e.